The van der Waals surface area contributed by atoms with Gasteiger partial charge in [-0.25, -0.2) is 0 Å². The Balaban J connectivity index is 1.49. The van der Waals surface area contributed by atoms with Crippen molar-refractivity contribution in [3.8, 4) is 0 Å². The number of nitrogens with one attached hydrogen (secondary N) is 1. The third kappa shape index (κ3) is 5.67. The summed E-state index contributed by atoms with van der Waals surface area (Å²) in [5.74, 6) is 0.517. The molecule has 0 heterocycles. The Bertz CT molecular complexity index is 711. The summed E-state index contributed by atoms with van der Waals surface area (Å²) in [7, 11) is 0. The summed E-state index contributed by atoms with van der Waals surface area (Å²) in [4.78, 5) is 11.5. The predicted molar refractivity (Wildman–Crippen MR) is 110 cm³/mol. The van der Waals surface area contributed by atoms with Gasteiger partial charge < -0.3 is 10.1 Å². The van der Waals surface area contributed by atoms with Crippen LogP contribution in [-0.4, -0.2) is 18.6 Å². The largest absolute Gasteiger partial charge is 0.466 e. The maximum Gasteiger partial charge on any atom is 0.306 e. The molecule has 1 saturated carbocycles. The fourth-order valence-electron chi connectivity index (χ4n) is 4.06. The minimum atomic E-state index is -0.112. The Hall–Kier alpha value is -2.13. The first-order chi connectivity index (χ1) is 13.2. The van der Waals surface area contributed by atoms with Gasteiger partial charge in [-0.2, -0.15) is 0 Å². The molecule has 0 aromatic heterocycles. The van der Waals surface area contributed by atoms with Gasteiger partial charge in [-0.1, -0.05) is 54.6 Å². The molecule has 1 unspecified atom stereocenters. The summed E-state index contributed by atoms with van der Waals surface area (Å²) in [5, 5.41) is 3.80. The summed E-state index contributed by atoms with van der Waals surface area (Å²) in [6.07, 6.45) is 4.87. The molecule has 0 aliphatic heterocycles. The summed E-state index contributed by atoms with van der Waals surface area (Å²) < 4.78 is 5.00. The molecule has 3 heteroatoms. The van der Waals surface area contributed by atoms with Crippen LogP contribution >= 0.6 is 0 Å². The Labute approximate surface area is 163 Å². The molecule has 3 nitrogen and oxygen atoms in total. The number of esters is 1. The van der Waals surface area contributed by atoms with Crippen molar-refractivity contribution in [1.82, 2.24) is 5.32 Å². The maximum atomic E-state index is 11.5. The molecule has 2 aromatic carbocycles. The van der Waals surface area contributed by atoms with E-state index in [2.05, 4.69) is 66.8 Å². The van der Waals surface area contributed by atoms with E-state index < -0.39 is 0 Å². The molecule has 0 radical (unpaired) electrons. The van der Waals surface area contributed by atoms with Gasteiger partial charge in [0.1, 0.15) is 0 Å². The number of ether oxygens (including phenoxy) is 1. The van der Waals surface area contributed by atoms with E-state index in [1.165, 1.54) is 36.0 Å². The molecule has 1 N–H and O–H groups in total. The summed E-state index contributed by atoms with van der Waals surface area (Å²) in [6.45, 7) is 4.55. The molecule has 27 heavy (non-hydrogen) atoms. The first kappa shape index (κ1) is 19.6. The molecule has 3 atom stereocenters. The molecule has 1 aliphatic rings. The fraction of sp³-hybridized carbons (Fsp3) is 0.458. The molecular weight excluding hydrogens is 334 g/mol. The van der Waals surface area contributed by atoms with Crippen LogP contribution in [-0.2, 0) is 16.0 Å². The lowest BCUT2D eigenvalue weighted by Gasteiger charge is -2.20. The highest BCUT2D eigenvalue weighted by molar-refractivity contribution is 5.69. The summed E-state index contributed by atoms with van der Waals surface area (Å²) >= 11 is 0. The third-order valence-corrected chi connectivity index (χ3v) is 5.59. The van der Waals surface area contributed by atoms with Gasteiger partial charge in [0.2, 0.25) is 0 Å². The third-order valence-electron chi connectivity index (χ3n) is 5.59. The molecule has 0 spiro atoms. The first-order valence-electron chi connectivity index (χ1n) is 10.2. The number of aryl methyl sites for hydroxylation is 1. The van der Waals surface area contributed by atoms with Gasteiger partial charge in [-0.05, 0) is 62.1 Å². The number of benzene rings is 2. The Morgan fingerprint density at radius 2 is 1.85 bits per heavy atom. The standard InChI is InChI=1S/C24H31NO2/c1-3-27-24(26)16-11-19-9-12-21(13-10-19)22-14-15-23(17-22)25-18(2)20-7-5-4-6-8-20/h4-10,12-13,18,22-23,25H,3,11,14-17H2,1-2H3/t18?,22-,23-/m0/s1. The molecule has 144 valence electrons. The lowest BCUT2D eigenvalue weighted by Crippen LogP contribution is -2.29. The van der Waals surface area contributed by atoms with Crippen molar-refractivity contribution >= 4 is 5.97 Å². The van der Waals surface area contributed by atoms with Crippen molar-refractivity contribution in [2.24, 2.45) is 0 Å². The van der Waals surface area contributed by atoms with E-state index in [1.807, 2.05) is 6.92 Å². The van der Waals surface area contributed by atoms with Crippen molar-refractivity contribution in [3.63, 3.8) is 0 Å². The second-order valence-corrected chi connectivity index (χ2v) is 7.55. The molecule has 0 saturated heterocycles. The average molecular weight is 366 g/mol. The van der Waals surface area contributed by atoms with Crippen LogP contribution in [0, 0.1) is 0 Å². The highest BCUT2D eigenvalue weighted by atomic mass is 16.5. The van der Waals surface area contributed by atoms with Crippen LogP contribution in [0.2, 0.25) is 0 Å². The highest BCUT2D eigenvalue weighted by Gasteiger charge is 2.26. The second-order valence-electron chi connectivity index (χ2n) is 7.55. The first-order valence-corrected chi connectivity index (χ1v) is 10.2. The zero-order chi connectivity index (χ0) is 19.1. The molecule has 0 amide bonds. The van der Waals surface area contributed by atoms with Crippen LogP contribution in [0.5, 0.6) is 0 Å². The predicted octanol–water partition coefficient (Wildman–Crippen LogP) is 5.17. The van der Waals surface area contributed by atoms with Crippen molar-refractivity contribution in [3.05, 3.63) is 71.3 Å². The maximum absolute atomic E-state index is 11.5. The topological polar surface area (TPSA) is 38.3 Å². The SMILES string of the molecule is CCOC(=O)CCc1ccc([C@H]2CC[C@H](NC(C)c3ccccc3)C2)cc1. The van der Waals surface area contributed by atoms with Crippen LogP contribution in [0.3, 0.4) is 0 Å². The van der Waals surface area contributed by atoms with E-state index in [4.69, 9.17) is 4.74 Å². The van der Waals surface area contributed by atoms with Gasteiger partial charge in [0.25, 0.3) is 0 Å². The zero-order valence-electron chi connectivity index (χ0n) is 16.5. The van der Waals surface area contributed by atoms with Gasteiger partial charge >= 0.3 is 5.97 Å². The van der Waals surface area contributed by atoms with E-state index in [0.717, 1.165) is 6.42 Å². The Morgan fingerprint density at radius 3 is 2.56 bits per heavy atom. The molecule has 0 bridgehead atoms. The summed E-state index contributed by atoms with van der Waals surface area (Å²) in [6, 6.07) is 20.5. The van der Waals surface area contributed by atoms with Crippen molar-refractivity contribution < 1.29 is 9.53 Å². The number of hydrogen-bond donors (Lipinski definition) is 1. The fourth-order valence-corrected chi connectivity index (χ4v) is 4.06. The highest BCUT2D eigenvalue weighted by Crippen LogP contribution is 2.35. The number of carbonyl (C=O) groups excluding carboxylic acids is 1. The monoisotopic (exact) mass is 365 g/mol. The quantitative estimate of drug-likeness (QED) is 0.656. The number of carbonyl (C=O) groups is 1. The minimum Gasteiger partial charge on any atom is -0.466 e. The smallest absolute Gasteiger partial charge is 0.306 e. The van der Waals surface area contributed by atoms with Crippen molar-refractivity contribution in [2.75, 3.05) is 6.61 Å². The van der Waals surface area contributed by atoms with Crippen molar-refractivity contribution in [1.29, 1.82) is 0 Å². The number of rotatable bonds is 8. The Morgan fingerprint density at radius 1 is 1.11 bits per heavy atom. The van der Waals surface area contributed by atoms with Crippen LogP contribution in [0.4, 0.5) is 0 Å². The van der Waals surface area contributed by atoms with Gasteiger partial charge in [0.05, 0.1) is 6.61 Å². The van der Waals surface area contributed by atoms with E-state index in [9.17, 15) is 4.79 Å². The minimum absolute atomic E-state index is 0.112. The van der Waals surface area contributed by atoms with E-state index in [-0.39, 0.29) is 5.97 Å². The van der Waals surface area contributed by atoms with Gasteiger partial charge in [0.15, 0.2) is 0 Å². The molecule has 3 rings (SSSR count). The Kier molecular flexibility index (Phi) is 7.05. The van der Waals surface area contributed by atoms with Gasteiger partial charge in [-0.15, -0.1) is 0 Å². The van der Waals surface area contributed by atoms with Crippen LogP contribution in [0.25, 0.3) is 0 Å². The average Bonchev–Trinajstić information content (AvgIpc) is 3.16. The zero-order valence-corrected chi connectivity index (χ0v) is 16.5. The number of hydrogen-bond acceptors (Lipinski definition) is 3. The van der Waals surface area contributed by atoms with Crippen molar-refractivity contribution in [2.45, 2.75) is 64.0 Å². The second kappa shape index (κ2) is 9.70. The van der Waals surface area contributed by atoms with E-state index >= 15 is 0 Å². The van der Waals surface area contributed by atoms with Crippen LogP contribution in [0.15, 0.2) is 54.6 Å². The van der Waals surface area contributed by atoms with Crippen LogP contribution in [0.1, 0.15) is 68.2 Å². The van der Waals surface area contributed by atoms with Gasteiger partial charge in [0, 0.05) is 18.5 Å². The lowest BCUT2D eigenvalue weighted by molar-refractivity contribution is -0.143. The van der Waals surface area contributed by atoms with Gasteiger partial charge in [-0.3, -0.25) is 4.79 Å². The molecule has 2 aromatic rings. The normalized spacial score (nSPS) is 20.4. The van der Waals surface area contributed by atoms with Crippen LogP contribution < -0.4 is 5.32 Å². The van der Waals surface area contributed by atoms with E-state index in [0.29, 0.717) is 31.0 Å². The molecule has 1 fully saturated rings. The van der Waals surface area contributed by atoms with E-state index in [1.54, 1.807) is 0 Å². The lowest BCUT2D eigenvalue weighted by atomic mass is 9.95. The summed E-state index contributed by atoms with van der Waals surface area (Å²) in [5.41, 5.74) is 3.98. The molecule has 1 aliphatic carbocycles. The molecular formula is C24H31NO2.